The highest BCUT2D eigenvalue weighted by molar-refractivity contribution is 4.92. The molecule has 2 aliphatic rings. The maximum Gasteiger partial charge on any atom is 0.0645 e. The van der Waals surface area contributed by atoms with Crippen LogP contribution in [0.3, 0.4) is 0 Å². The minimum Gasteiger partial charge on any atom is -0.378 e. The molecule has 2 heterocycles. The Balaban J connectivity index is 2.01. The molecule has 0 aromatic heterocycles. The van der Waals surface area contributed by atoms with E-state index >= 15 is 0 Å². The van der Waals surface area contributed by atoms with Crippen LogP contribution >= 0.6 is 0 Å². The van der Waals surface area contributed by atoms with Gasteiger partial charge in [0.25, 0.3) is 0 Å². The maximum atomic E-state index is 5.58. The highest BCUT2D eigenvalue weighted by atomic mass is 16.5. The van der Waals surface area contributed by atoms with Crippen LogP contribution in [0.15, 0.2) is 0 Å². The standard InChI is InChI=1S/C12H24N2O/c1-10-8-11(4-5-13-10)14-6-7-15-9-12(14,2)3/h10-11,13H,4-9H2,1-3H3. The smallest absolute Gasteiger partial charge is 0.0645 e. The third-order valence-corrected chi connectivity index (χ3v) is 3.75. The average Bonchev–Trinajstić information content (AvgIpc) is 2.17. The number of morpholine rings is 1. The largest absolute Gasteiger partial charge is 0.378 e. The minimum atomic E-state index is 0.222. The molecular formula is C12H24N2O. The van der Waals surface area contributed by atoms with Crippen molar-refractivity contribution in [2.45, 2.75) is 51.2 Å². The first-order valence-corrected chi connectivity index (χ1v) is 6.17. The SMILES string of the molecule is CC1CC(N2CCOCC2(C)C)CCN1. The zero-order chi connectivity index (χ0) is 10.9. The van der Waals surface area contributed by atoms with Gasteiger partial charge in [-0.25, -0.2) is 0 Å². The van der Waals surface area contributed by atoms with Gasteiger partial charge in [0.05, 0.1) is 13.2 Å². The van der Waals surface area contributed by atoms with Crippen LogP contribution < -0.4 is 5.32 Å². The zero-order valence-corrected chi connectivity index (χ0v) is 10.3. The van der Waals surface area contributed by atoms with Crippen molar-refractivity contribution in [1.82, 2.24) is 10.2 Å². The molecule has 0 aromatic carbocycles. The summed E-state index contributed by atoms with van der Waals surface area (Å²) in [5.41, 5.74) is 0.222. The van der Waals surface area contributed by atoms with E-state index in [-0.39, 0.29) is 5.54 Å². The molecule has 2 fully saturated rings. The van der Waals surface area contributed by atoms with Crippen LogP contribution in [0.4, 0.5) is 0 Å². The van der Waals surface area contributed by atoms with Crippen LogP contribution in [-0.4, -0.2) is 48.8 Å². The lowest BCUT2D eigenvalue weighted by Crippen LogP contribution is -2.59. The molecule has 0 saturated carbocycles. The van der Waals surface area contributed by atoms with Gasteiger partial charge < -0.3 is 10.1 Å². The molecule has 3 nitrogen and oxygen atoms in total. The molecule has 15 heavy (non-hydrogen) atoms. The monoisotopic (exact) mass is 212 g/mol. The molecule has 88 valence electrons. The van der Waals surface area contributed by atoms with Crippen LogP contribution in [-0.2, 0) is 4.74 Å². The predicted molar refractivity (Wildman–Crippen MR) is 62.1 cm³/mol. The Labute approximate surface area is 93.2 Å². The zero-order valence-electron chi connectivity index (χ0n) is 10.3. The Morgan fingerprint density at radius 3 is 2.87 bits per heavy atom. The van der Waals surface area contributed by atoms with Gasteiger partial charge in [-0.3, -0.25) is 4.90 Å². The van der Waals surface area contributed by atoms with Gasteiger partial charge in [-0.15, -0.1) is 0 Å². The Bertz CT molecular complexity index is 218. The van der Waals surface area contributed by atoms with Crippen molar-refractivity contribution in [3.8, 4) is 0 Å². The lowest BCUT2D eigenvalue weighted by Gasteiger charge is -2.48. The molecular weight excluding hydrogens is 188 g/mol. The molecule has 2 aliphatic heterocycles. The summed E-state index contributed by atoms with van der Waals surface area (Å²) in [4.78, 5) is 2.66. The third-order valence-electron chi connectivity index (χ3n) is 3.75. The number of nitrogens with zero attached hydrogens (tertiary/aromatic N) is 1. The van der Waals surface area contributed by atoms with E-state index in [0.717, 1.165) is 25.8 Å². The summed E-state index contributed by atoms with van der Waals surface area (Å²) in [5, 5.41) is 3.52. The third kappa shape index (κ3) is 2.52. The topological polar surface area (TPSA) is 24.5 Å². The van der Waals surface area contributed by atoms with Crippen LogP contribution in [0.1, 0.15) is 33.6 Å². The summed E-state index contributed by atoms with van der Waals surface area (Å²) in [6.07, 6.45) is 2.57. The quantitative estimate of drug-likeness (QED) is 0.708. The summed E-state index contributed by atoms with van der Waals surface area (Å²) in [5.74, 6) is 0. The number of hydrogen-bond acceptors (Lipinski definition) is 3. The van der Waals surface area contributed by atoms with Crippen LogP contribution in [0, 0.1) is 0 Å². The summed E-state index contributed by atoms with van der Waals surface area (Å²) in [7, 11) is 0. The van der Waals surface area contributed by atoms with E-state index in [1.165, 1.54) is 19.4 Å². The first kappa shape index (κ1) is 11.4. The van der Waals surface area contributed by atoms with E-state index in [1.807, 2.05) is 0 Å². The van der Waals surface area contributed by atoms with E-state index < -0.39 is 0 Å². The molecule has 1 N–H and O–H groups in total. The van der Waals surface area contributed by atoms with E-state index in [2.05, 4.69) is 31.0 Å². The van der Waals surface area contributed by atoms with Gasteiger partial charge in [-0.2, -0.15) is 0 Å². The number of hydrogen-bond donors (Lipinski definition) is 1. The second-order valence-corrected chi connectivity index (χ2v) is 5.59. The van der Waals surface area contributed by atoms with Crippen molar-refractivity contribution in [3.63, 3.8) is 0 Å². The summed E-state index contributed by atoms with van der Waals surface area (Å²) in [6, 6.07) is 1.42. The predicted octanol–water partition coefficient (Wildman–Crippen LogP) is 1.24. The highest BCUT2D eigenvalue weighted by Crippen LogP contribution is 2.26. The normalized spacial score (nSPS) is 37.8. The van der Waals surface area contributed by atoms with Gasteiger partial charge in [-0.1, -0.05) is 0 Å². The Morgan fingerprint density at radius 2 is 2.20 bits per heavy atom. The van der Waals surface area contributed by atoms with Gasteiger partial charge in [0.15, 0.2) is 0 Å². The van der Waals surface area contributed by atoms with Crippen LogP contribution in [0.2, 0.25) is 0 Å². The van der Waals surface area contributed by atoms with Gasteiger partial charge in [-0.05, 0) is 40.2 Å². The van der Waals surface area contributed by atoms with Gasteiger partial charge >= 0.3 is 0 Å². The number of piperidine rings is 1. The van der Waals surface area contributed by atoms with E-state index in [1.54, 1.807) is 0 Å². The van der Waals surface area contributed by atoms with Crippen molar-refractivity contribution in [3.05, 3.63) is 0 Å². The van der Waals surface area contributed by atoms with Gasteiger partial charge in [0, 0.05) is 24.2 Å². The summed E-state index contributed by atoms with van der Waals surface area (Å²) < 4.78 is 5.58. The van der Waals surface area contributed by atoms with Crippen molar-refractivity contribution in [2.75, 3.05) is 26.3 Å². The number of ether oxygens (including phenoxy) is 1. The van der Waals surface area contributed by atoms with Crippen LogP contribution in [0.25, 0.3) is 0 Å². The van der Waals surface area contributed by atoms with E-state index in [4.69, 9.17) is 4.74 Å². The Morgan fingerprint density at radius 1 is 1.40 bits per heavy atom. The first-order valence-electron chi connectivity index (χ1n) is 6.17. The van der Waals surface area contributed by atoms with Gasteiger partial charge in [0.1, 0.15) is 0 Å². The molecule has 0 amide bonds. The Kier molecular flexibility index (Phi) is 3.33. The van der Waals surface area contributed by atoms with Crippen molar-refractivity contribution in [2.24, 2.45) is 0 Å². The minimum absolute atomic E-state index is 0.222. The number of rotatable bonds is 1. The van der Waals surface area contributed by atoms with E-state index in [0.29, 0.717) is 6.04 Å². The van der Waals surface area contributed by atoms with Crippen molar-refractivity contribution >= 4 is 0 Å². The molecule has 2 rings (SSSR count). The molecule has 0 radical (unpaired) electrons. The lowest BCUT2D eigenvalue weighted by molar-refractivity contribution is -0.0788. The number of nitrogens with one attached hydrogen (secondary N) is 1. The molecule has 2 unspecified atom stereocenters. The fraction of sp³-hybridized carbons (Fsp3) is 1.00. The molecule has 0 aromatic rings. The average molecular weight is 212 g/mol. The summed E-state index contributed by atoms with van der Waals surface area (Å²) in [6.45, 7) is 11.0. The highest BCUT2D eigenvalue weighted by Gasteiger charge is 2.36. The fourth-order valence-corrected chi connectivity index (χ4v) is 2.94. The molecule has 2 atom stereocenters. The van der Waals surface area contributed by atoms with Gasteiger partial charge in [0.2, 0.25) is 0 Å². The molecule has 3 heteroatoms. The molecule has 0 aliphatic carbocycles. The molecule has 0 bridgehead atoms. The van der Waals surface area contributed by atoms with Crippen molar-refractivity contribution < 1.29 is 4.74 Å². The molecule has 2 saturated heterocycles. The second-order valence-electron chi connectivity index (χ2n) is 5.59. The van der Waals surface area contributed by atoms with E-state index in [9.17, 15) is 0 Å². The maximum absolute atomic E-state index is 5.58. The van der Waals surface area contributed by atoms with Crippen LogP contribution in [0.5, 0.6) is 0 Å². The molecule has 0 spiro atoms. The van der Waals surface area contributed by atoms with Crippen molar-refractivity contribution in [1.29, 1.82) is 0 Å². The Hall–Kier alpha value is -0.120. The second kappa shape index (κ2) is 4.40. The summed E-state index contributed by atoms with van der Waals surface area (Å²) >= 11 is 0. The fourth-order valence-electron chi connectivity index (χ4n) is 2.94. The lowest BCUT2D eigenvalue weighted by atomic mass is 9.92. The first-order chi connectivity index (χ1) is 7.09.